The van der Waals surface area contributed by atoms with Gasteiger partial charge in [-0.15, -0.1) is 12.4 Å². The lowest BCUT2D eigenvalue weighted by atomic mass is 9.98. The zero-order chi connectivity index (χ0) is 13.7. The molecular weight excluding hydrogens is 285 g/mol. The number of benzene rings is 1. The number of hydrogen-bond acceptors (Lipinski definition) is 3. The topological polar surface area (TPSA) is 49.8 Å². The van der Waals surface area contributed by atoms with E-state index < -0.39 is 5.97 Å². The maximum Gasteiger partial charge on any atom is 0.307 e. The molecule has 1 fully saturated rings. The third-order valence-electron chi connectivity index (χ3n) is 3.34. The molecule has 0 radical (unpaired) electrons. The Labute approximate surface area is 123 Å². The van der Waals surface area contributed by atoms with Gasteiger partial charge in [0, 0.05) is 13.1 Å². The van der Waals surface area contributed by atoms with Gasteiger partial charge in [-0.3, -0.25) is 9.69 Å². The number of halogens is 2. The fourth-order valence-electron chi connectivity index (χ4n) is 2.28. The Balaban J connectivity index is 0.00000200. The van der Waals surface area contributed by atoms with Crippen molar-refractivity contribution in [2.45, 2.75) is 12.8 Å². The standard InChI is InChI=1S/C14H18FNO3.ClH/c15-12-3-5-13(6-4-12)19-9-8-16-7-1-2-11(10-16)14(17)18;/h3-6,11H,1-2,7-10H2,(H,17,18);1H. The second kappa shape index (κ2) is 8.07. The Bertz CT molecular complexity index is 427. The quantitative estimate of drug-likeness (QED) is 0.907. The third kappa shape index (κ3) is 4.98. The molecule has 4 nitrogen and oxygen atoms in total. The fraction of sp³-hybridized carbons (Fsp3) is 0.500. The highest BCUT2D eigenvalue weighted by molar-refractivity contribution is 5.85. The first kappa shape index (κ1) is 16.7. The molecule has 0 spiro atoms. The summed E-state index contributed by atoms with van der Waals surface area (Å²) in [6, 6.07) is 5.89. The van der Waals surface area contributed by atoms with Crippen LogP contribution >= 0.6 is 12.4 Å². The number of aliphatic carboxylic acids is 1. The summed E-state index contributed by atoms with van der Waals surface area (Å²) in [4.78, 5) is 13.0. The molecule has 112 valence electrons. The van der Waals surface area contributed by atoms with Crippen molar-refractivity contribution in [2.75, 3.05) is 26.2 Å². The largest absolute Gasteiger partial charge is 0.492 e. The number of carboxylic acid groups (broad SMARTS) is 1. The molecule has 0 saturated carbocycles. The molecule has 1 heterocycles. The van der Waals surface area contributed by atoms with Crippen LogP contribution in [-0.4, -0.2) is 42.2 Å². The molecule has 6 heteroatoms. The first-order valence-electron chi connectivity index (χ1n) is 6.48. The monoisotopic (exact) mass is 303 g/mol. The number of likely N-dealkylation sites (tertiary alicyclic amines) is 1. The summed E-state index contributed by atoms with van der Waals surface area (Å²) in [6.07, 6.45) is 1.66. The van der Waals surface area contributed by atoms with Crippen molar-refractivity contribution < 1.29 is 19.0 Å². The lowest BCUT2D eigenvalue weighted by Crippen LogP contribution is -2.40. The van der Waals surface area contributed by atoms with Crippen LogP contribution in [0.5, 0.6) is 5.75 Å². The maximum absolute atomic E-state index is 12.7. The Hall–Kier alpha value is -1.33. The predicted molar refractivity (Wildman–Crippen MR) is 75.9 cm³/mol. The van der Waals surface area contributed by atoms with Gasteiger partial charge < -0.3 is 9.84 Å². The van der Waals surface area contributed by atoms with E-state index in [4.69, 9.17) is 9.84 Å². The Kier molecular flexibility index (Phi) is 6.75. The molecule has 0 aliphatic carbocycles. The summed E-state index contributed by atoms with van der Waals surface area (Å²) in [5, 5.41) is 8.99. The molecular formula is C14H19ClFNO3. The number of carbonyl (C=O) groups is 1. The van der Waals surface area contributed by atoms with Crippen molar-refractivity contribution in [3.05, 3.63) is 30.1 Å². The zero-order valence-corrected chi connectivity index (χ0v) is 11.9. The summed E-state index contributed by atoms with van der Waals surface area (Å²) in [5.41, 5.74) is 0. The van der Waals surface area contributed by atoms with E-state index in [0.717, 1.165) is 19.4 Å². The van der Waals surface area contributed by atoms with E-state index >= 15 is 0 Å². The first-order valence-corrected chi connectivity index (χ1v) is 6.48. The minimum atomic E-state index is -0.718. The van der Waals surface area contributed by atoms with Crippen LogP contribution in [0.4, 0.5) is 4.39 Å². The summed E-state index contributed by atoms with van der Waals surface area (Å²) < 4.78 is 18.2. The highest BCUT2D eigenvalue weighted by Gasteiger charge is 2.24. The number of nitrogens with zero attached hydrogens (tertiary/aromatic N) is 1. The second-order valence-electron chi connectivity index (χ2n) is 4.78. The molecule has 1 aromatic carbocycles. The van der Waals surface area contributed by atoms with Gasteiger partial charge >= 0.3 is 5.97 Å². The van der Waals surface area contributed by atoms with Gasteiger partial charge in [0.25, 0.3) is 0 Å². The molecule has 0 aromatic heterocycles. The van der Waals surface area contributed by atoms with E-state index in [2.05, 4.69) is 4.90 Å². The Morgan fingerprint density at radius 1 is 1.40 bits per heavy atom. The smallest absolute Gasteiger partial charge is 0.307 e. The molecule has 1 aliphatic rings. The molecule has 1 aromatic rings. The van der Waals surface area contributed by atoms with Crippen LogP contribution in [0.2, 0.25) is 0 Å². The zero-order valence-electron chi connectivity index (χ0n) is 11.1. The average molecular weight is 304 g/mol. The molecule has 1 unspecified atom stereocenters. The number of carboxylic acids is 1. The van der Waals surface area contributed by atoms with Crippen LogP contribution in [0.1, 0.15) is 12.8 Å². The van der Waals surface area contributed by atoms with Gasteiger partial charge in [0.05, 0.1) is 5.92 Å². The van der Waals surface area contributed by atoms with E-state index in [1.807, 2.05) is 0 Å². The maximum atomic E-state index is 12.7. The fourth-order valence-corrected chi connectivity index (χ4v) is 2.28. The number of piperidine rings is 1. The van der Waals surface area contributed by atoms with Crippen molar-refractivity contribution in [1.29, 1.82) is 0 Å². The van der Waals surface area contributed by atoms with Crippen LogP contribution in [0, 0.1) is 11.7 Å². The van der Waals surface area contributed by atoms with Gasteiger partial charge in [-0.1, -0.05) is 0 Å². The van der Waals surface area contributed by atoms with Crippen LogP contribution in [0.3, 0.4) is 0 Å². The van der Waals surface area contributed by atoms with E-state index in [0.29, 0.717) is 25.4 Å². The molecule has 1 saturated heterocycles. The molecule has 1 N–H and O–H groups in total. The molecule has 1 atom stereocenters. The summed E-state index contributed by atoms with van der Waals surface area (Å²) >= 11 is 0. The molecule has 0 bridgehead atoms. The van der Waals surface area contributed by atoms with E-state index in [9.17, 15) is 9.18 Å². The highest BCUT2D eigenvalue weighted by Crippen LogP contribution is 2.16. The van der Waals surface area contributed by atoms with Crippen molar-refractivity contribution in [3.63, 3.8) is 0 Å². The van der Waals surface area contributed by atoms with Crippen LogP contribution in [0.15, 0.2) is 24.3 Å². The minimum Gasteiger partial charge on any atom is -0.492 e. The van der Waals surface area contributed by atoms with Crippen LogP contribution in [0.25, 0.3) is 0 Å². The Morgan fingerprint density at radius 3 is 2.75 bits per heavy atom. The van der Waals surface area contributed by atoms with E-state index in [1.165, 1.54) is 12.1 Å². The number of rotatable bonds is 5. The van der Waals surface area contributed by atoms with Crippen molar-refractivity contribution in [2.24, 2.45) is 5.92 Å². The van der Waals surface area contributed by atoms with Gasteiger partial charge in [0.1, 0.15) is 18.2 Å². The van der Waals surface area contributed by atoms with E-state index in [-0.39, 0.29) is 24.1 Å². The van der Waals surface area contributed by atoms with Crippen LogP contribution in [-0.2, 0) is 4.79 Å². The van der Waals surface area contributed by atoms with Gasteiger partial charge in [0.2, 0.25) is 0 Å². The number of ether oxygens (including phenoxy) is 1. The molecule has 20 heavy (non-hydrogen) atoms. The SMILES string of the molecule is Cl.O=C(O)C1CCCN(CCOc2ccc(F)cc2)C1. The minimum absolute atomic E-state index is 0. The van der Waals surface area contributed by atoms with Crippen molar-refractivity contribution in [3.8, 4) is 5.75 Å². The lowest BCUT2D eigenvalue weighted by Gasteiger charge is -2.30. The highest BCUT2D eigenvalue weighted by atomic mass is 35.5. The molecule has 0 amide bonds. The molecule has 1 aliphatic heterocycles. The van der Waals surface area contributed by atoms with Gasteiger partial charge in [-0.2, -0.15) is 0 Å². The first-order chi connectivity index (χ1) is 9.15. The van der Waals surface area contributed by atoms with Crippen molar-refractivity contribution in [1.82, 2.24) is 4.90 Å². The third-order valence-corrected chi connectivity index (χ3v) is 3.34. The molecule has 2 rings (SSSR count). The summed E-state index contributed by atoms with van der Waals surface area (Å²) in [7, 11) is 0. The Morgan fingerprint density at radius 2 is 2.10 bits per heavy atom. The van der Waals surface area contributed by atoms with Gasteiger partial charge in [-0.25, -0.2) is 4.39 Å². The normalized spacial score (nSPS) is 19.1. The summed E-state index contributed by atoms with van der Waals surface area (Å²) in [5.74, 6) is -0.635. The van der Waals surface area contributed by atoms with Crippen molar-refractivity contribution >= 4 is 18.4 Å². The van der Waals surface area contributed by atoms with Crippen LogP contribution < -0.4 is 4.74 Å². The second-order valence-corrected chi connectivity index (χ2v) is 4.78. The van der Waals surface area contributed by atoms with Gasteiger partial charge in [-0.05, 0) is 43.7 Å². The predicted octanol–water partition coefficient (Wildman–Crippen LogP) is 2.42. The van der Waals surface area contributed by atoms with Gasteiger partial charge in [0.15, 0.2) is 0 Å². The number of hydrogen-bond donors (Lipinski definition) is 1. The van der Waals surface area contributed by atoms with E-state index in [1.54, 1.807) is 12.1 Å². The summed E-state index contributed by atoms with van der Waals surface area (Å²) in [6.45, 7) is 2.68. The average Bonchev–Trinajstić information content (AvgIpc) is 2.41. The lowest BCUT2D eigenvalue weighted by molar-refractivity contribution is -0.143.